The Balaban J connectivity index is 1.36. The molecule has 1 aliphatic heterocycles. The summed E-state index contributed by atoms with van der Waals surface area (Å²) in [4.78, 5) is 19.1. The van der Waals surface area contributed by atoms with Crippen molar-refractivity contribution in [1.82, 2.24) is 14.5 Å². The average molecular weight is 438 g/mol. The number of aromatic nitrogens is 2. The number of rotatable bonds is 6. The van der Waals surface area contributed by atoms with Crippen LogP contribution >= 0.6 is 0 Å². The average Bonchev–Trinajstić information content (AvgIpc) is 3.26. The molecule has 1 fully saturated rings. The fourth-order valence-corrected chi connectivity index (χ4v) is 4.51. The van der Waals surface area contributed by atoms with E-state index in [4.69, 9.17) is 5.26 Å². The van der Waals surface area contributed by atoms with Gasteiger partial charge < -0.3 is 9.47 Å². The van der Waals surface area contributed by atoms with Gasteiger partial charge in [0.05, 0.1) is 35.9 Å². The number of benzene rings is 2. The largest absolute Gasteiger partial charge is 0.342 e. The van der Waals surface area contributed by atoms with E-state index in [0.717, 1.165) is 17.7 Å². The van der Waals surface area contributed by atoms with Crippen LogP contribution in [0.2, 0.25) is 0 Å². The van der Waals surface area contributed by atoms with E-state index in [-0.39, 0.29) is 12.3 Å². The Morgan fingerprint density at radius 3 is 2.52 bits per heavy atom. The Bertz CT molecular complexity index is 1200. The fraction of sp³-hybridized carbons (Fsp3) is 0.333. The quantitative estimate of drug-likeness (QED) is 0.583. The van der Waals surface area contributed by atoms with E-state index >= 15 is 0 Å². The van der Waals surface area contributed by atoms with E-state index in [1.807, 2.05) is 27.7 Å². The maximum Gasteiger partial charge on any atom is 0.228 e. The minimum Gasteiger partial charge on any atom is -0.342 e. The highest BCUT2D eigenvalue weighted by Gasteiger charge is 2.36. The zero-order valence-electron chi connectivity index (χ0n) is 18.9. The molecule has 1 amide bonds. The summed E-state index contributed by atoms with van der Waals surface area (Å²) >= 11 is 0. The number of aryl methyl sites for hydroxylation is 1. The van der Waals surface area contributed by atoms with Crippen LogP contribution in [0.3, 0.4) is 0 Å². The minimum absolute atomic E-state index is 0.0682. The Morgan fingerprint density at radius 1 is 1.09 bits per heavy atom. The molecule has 1 aromatic heterocycles. The number of nitriles is 2. The molecule has 6 heteroatoms. The third kappa shape index (κ3) is 5.30. The molecule has 0 atom stereocenters. The standard InChI is InChI=1S/C27H27N5O/c1-21-3-2-4-24(13-21)15-27(19-29)9-11-31(12-10-27)26(33)14-25-17-30-20-32(25)18-23-7-5-22(16-28)6-8-23/h2-8,13,17,20H,9-12,14-15,18H2,1H3. The molecule has 0 saturated carbocycles. The lowest BCUT2D eigenvalue weighted by atomic mass is 9.75. The number of hydrogen-bond acceptors (Lipinski definition) is 4. The van der Waals surface area contributed by atoms with Crippen molar-refractivity contribution in [2.45, 2.75) is 39.2 Å². The summed E-state index contributed by atoms with van der Waals surface area (Å²) < 4.78 is 1.97. The molecule has 0 unspecified atom stereocenters. The van der Waals surface area contributed by atoms with Crippen molar-refractivity contribution < 1.29 is 4.79 Å². The van der Waals surface area contributed by atoms with Gasteiger partial charge in [0, 0.05) is 31.5 Å². The van der Waals surface area contributed by atoms with Crippen LogP contribution in [-0.4, -0.2) is 33.4 Å². The number of imidazole rings is 1. The number of piperidine rings is 1. The summed E-state index contributed by atoms with van der Waals surface area (Å²) in [5.41, 5.74) is 4.51. The zero-order chi connectivity index (χ0) is 23.3. The normalized spacial score (nSPS) is 14.9. The number of amides is 1. The van der Waals surface area contributed by atoms with Gasteiger partial charge in [-0.15, -0.1) is 0 Å². The first-order chi connectivity index (χ1) is 16.0. The lowest BCUT2D eigenvalue weighted by Gasteiger charge is -2.37. The van der Waals surface area contributed by atoms with Crippen LogP contribution in [0.15, 0.2) is 61.1 Å². The van der Waals surface area contributed by atoms with Crippen LogP contribution in [-0.2, 0) is 24.2 Å². The minimum atomic E-state index is -0.415. The molecule has 4 rings (SSSR count). The van der Waals surface area contributed by atoms with E-state index < -0.39 is 5.41 Å². The lowest BCUT2D eigenvalue weighted by Crippen LogP contribution is -2.44. The first-order valence-electron chi connectivity index (χ1n) is 11.2. The molecule has 0 aliphatic carbocycles. The summed E-state index contributed by atoms with van der Waals surface area (Å²) in [7, 11) is 0. The topological polar surface area (TPSA) is 85.7 Å². The summed E-state index contributed by atoms with van der Waals surface area (Å²) in [5.74, 6) is 0.0682. The monoisotopic (exact) mass is 437 g/mol. The second kappa shape index (κ2) is 9.71. The van der Waals surface area contributed by atoms with E-state index in [0.29, 0.717) is 38.0 Å². The highest BCUT2D eigenvalue weighted by Crippen LogP contribution is 2.35. The van der Waals surface area contributed by atoms with Crippen LogP contribution in [0.5, 0.6) is 0 Å². The van der Waals surface area contributed by atoms with Crippen LogP contribution in [0.4, 0.5) is 0 Å². The van der Waals surface area contributed by atoms with Gasteiger partial charge in [0.1, 0.15) is 0 Å². The van der Waals surface area contributed by atoms with Gasteiger partial charge in [-0.05, 0) is 49.4 Å². The molecular weight excluding hydrogens is 410 g/mol. The van der Waals surface area contributed by atoms with Gasteiger partial charge in [-0.25, -0.2) is 4.98 Å². The summed E-state index contributed by atoms with van der Waals surface area (Å²) in [6, 6.07) is 20.4. The highest BCUT2D eigenvalue weighted by atomic mass is 16.2. The summed E-state index contributed by atoms with van der Waals surface area (Å²) in [5, 5.41) is 18.9. The maximum atomic E-state index is 13.0. The Morgan fingerprint density at radius 2 is 1.85 bits per heavy atom. The molecule has 0 radical (unpaired) electrons. The predicted molar refractivity (Wildman–Crippen MR) is 125 cm³/mol. The van der Waals surface area contributed by atoms with E-state index in [1.54, 1.807) is 24.7 Å². The van der Waals surface area contributed by atoms with Gasteiger partial charge in [0.25, 0.3) is 0 Å². The van der Waals surface area contributed by atoms with Crippen molar-refractivity contribution in [1.29, 1.82) is 10.5 Å². The number of carbonyl (C=O) groups is 1. The van der Waals surface area contributed by atoms with E-state index in [9.17, 15) is 10.1 Å². The molecule has 33 heavy (non-hydrogen) atoms. The number of hydrogen-bond donors (Lipinski definition) is 0. The molecule has 6 nitrogen and oxygen atoms in total. The molecule has 1 aliphatic rings. The molecule has 166 valence electrons. The number of carbonyl (C=O) groups excluding carboxylic acids is 1. The number of nitrogens with zero attached hydrogens (tertiary/aromatic N) is 5. The molecule has 1 saturated heterocycles. The van der Waals surface area contributed by atoms with Crippen molar-refractivity contribution in [3.8, 4) is 12.1 Å². The van der Waals surface area contributed by atoms with Gasteiger partial charge in [0.2, 0.25) is 5.91 Å². The highest BCUT2D eigenvalue weighted by molar-refractivity contribution is 5.78. The molecular formula is C27H27N5O. The van der Waals surface area contributed by atoms with Gasteiger partial charge >= 0.3 is 0 Å². The summed E-state index contributed by atoms with van der Waals surface area (Å²) in [6.07, 6.45) is 5.86. The van der Waals surface area contributed by atoms with Crippen molar-refractivity contribution in [2.75, 3.05) is 13.1 Å². The predicted octanol–water partition coefficient (Wildman–Crippen LogP) is 4.03. The number of likely N-dealkylation sites (tertiary alicyclic amines) is 1. The SMILES string of the molecule is Cc1cccc(CC2(C#N)CCN(C(=O)Cc3cncn3Cc3ccc(C#N)cc3)CC2)c1. The lowest BCUT2D eigenvalue weighted by molar-refractivity contribution is -0.132. The second-order valence-corrected chi connectivity index (χ2v) is 8.94. The van der Waals surface area contributed by atoms with Gasteiger partial charge in [-0.1, -0.05) is 42.0 Å². The molecule has 2 heterocycles. The third-order valence-electron chi connectivity index (χ3n) is 6.50. The smallest absolute Gasteiger partial charge is 0.228 e. The van der Waals surface area contributed by atoms with E-state index in [2.05, 4.69) is 42.2 Å². The Hall–Kier alpha value is -3.90. The molecule has 0 bridgehead atoms. The first-order valence-corrected chi connectivity index (χ1v) is 11.2. The van der Waals surface area contributed by atoms with Crippen molar-refractivity contribution in [3.63, 3.8) is 0 Å². The molecule has 2 aromatic carbocycles. The second-order valence-electron chi connectivity index (χ2n) is 8.94. The molecule has 3 aromatic rings. The van der Waals surface area contributed by atoms with Gasteiger partial charge in [-0.3, -0.25) is 4.79 Å². The molecule has 0 N–H and O–H groups in total. The Labute approximate surface area is 194 Å². The summed E-state index contributed by atoms with van der Waals surface area (Å²) in [6.45, 7) is 3.86. The zero-order valence-corrected chi connectivity index (χ0v) is 18.9. The van der Waals surface area contributed by atoms with Gasteiger partial charge in [-0.2, -0.15) is 10.5 Å². The van der Waals surface area contributed by atoms with Gasteiger partial charge in [0.15, 0.2) is 0 Å². The van der Waals surface area contributed by atoms with Crippen molar-refractivity contribution in [3.05, 3.63) is 89.0 Å². The van der Waals surface area contributed by atoms with Crippen molar-refractivity contribution >= 4 is 5.91 Å². The fourth-order valence-electron chi connectivity index (χ4n) is 4.51. The van der Waals surface area contributed by atoms with Crippen molar-refractivity contribution in [2.24, 2.45) is 5.41 Å². The maximum absolute atomic E-state index is 13.0. The van der Waals surface area contributed by atoms with Crippen LogP contribution in [0, 0.1) is 35.0 Å². The van der Waals surface area contributed by atoms with E-state index in [1.165, 1.54) is 11.1 Å². The third-order valence-corrected chi connectivity index (χ3v) is 6.50. The van der Waals surface area contributed by atoms with Crippen LogP contribution in [0.25, 0.3) is 0 Å². The van der Waals surface area contributed by atoms with Crippen LogP contribution < -0.4 is 0 Å². The first kappa shape index (κ1) is 22.3. The van der Waals surface area contributed by atoms with Crippen LogP contribution in [0.1, 0.15) is 40.8 Å². The Kier molecular flexibility index (Phi) is 6.56. The molecule has 0 spiro atoms.